The lowest BCUT2D eigenvalue weighted by Gasteiger charge is -2.49. The molecule has 4 aromatic rings. The highest BCUT2D eigenvalue weighted by Gasteiger charge is 2.46. The third-order valence-electron chi connectivity index (χ3n) is 6.55. The van der Waals surface area contributed by atoms with Crippen molar-refractivity contribution in [2.24, 2.45) is 5.41 Å². The number of aromatic nitrogens is 6. The molecule has 2 aliphatic heterocycles. The summed E-state index contributed by atoms with van der Waals surface area (Å²) in [5.74, 6) is 0.650. The van der Waals surface area contributed by atoms with Crippen LogP contribution in [0.2, 0.25) is 0 Å². The van der Waals surface area contributed by atoms with Gasteiger partial charge in [0.15, 0.2) is 5.65 Å². The van der Waals surface area contributed by atoms with Gasteiger partial charge in [-0.2, -0.15) is 0 Å². The van der Waals surface area contributed by atoms with Gasteiger partial charge in [0.1, 0.15) is 17.2 Å². The smallest absolute Gasteiger partial charge is 0.258 e. The van der Waals surface area contributed by atoms with E-state index in [1.807, 2.05) is 32.2 Å². The number of rotatable bonds is 2. The molecule has 4 aromatic heterocycles. The van der Waals surface area contributed by atoms with Crippen LogP contribution in [0.15, 0.2) is 35.3 Å². The van der Waals surface area contributed by atoms with Gasteiger partial charge in [-0.15, -0.1) is 14.8 Å². The number of nitrogens with zero attached hydrogens (tertiary/aromatic N) is 8. The summed E-state index contributed by atoms with van der Waals surface area (Å²) in [5, 5.41) is 8.74. The Labute approximate surface area is 179 Å². The molecule has 0 saturated carbocycles. The van der Waals surface area contributed by atoms with Gasteiger partial charge in [0.25, 0.3) is 5.56 Å². The molecule has 158 valence electrons. The first-order valence-electron chi connectivity index (χ1n) is 10.6. The van der Waals surface area contributed by atoms with E-state index < -0.39 is 0 Å². The van der Waals surface area contributed by atoms with Crippen LogP contribution in [0.4, 0.5) is 5.69 Å². The van der Waals surface area contributed by atoms with Crippen molar-refractivity contribution >= 4 is 17.0 Å². The van der Waals surface area contributed by atoms with Crippen LogP contribution in [-0.2, 0) is 0 Å². The van der Waals surface area contributed by atoms with Gasteiger partial charge in [0.2, 0.25) is 0 Å². The van der Waals surface area contributed by atoms with Gasteiger partial charge < -0.3 is 9.80 Å². The number of hydrogen-bond acceptors (Lipinski definition) is 7. The fourth-order valence-corrected chi connectivity index (χ4v) is 5.04. The average molecular weight is 416 g/mol. The van der Waals surface area contributed by atoms with Crippen molar-refractivity contribution in [3.63, 3.8) is 0 Å². The summed E-state index contributed by atoms with van der Waals surface area (Å²) in [5.41, 5.74) is 4.80. The molecule has 0 bridgehead atoms. The Balaban J connectivity index is 1.37. The Morgan fingerprint density at radius 1 is 1.00 bits per heavy atom. The van der Waals surface area contributed by atoms with Crippen molar-refractivity contribution in [2.75, 3.05) is 38.1 Å². The van der Waals surface area contributed by atoms with Gasteiger partial charge >= 0.3 is 0 Å². The van der Waals surface area contributed by atoms with Gasteiger partial charge in [-0.1, -0.05) is 0 Å². The van der Waals surface area contributed by atoms with E-state index in [0.717, 1.165) is 30.9 Å². The molecular formula is C22H24N8O. The average Bonchev–Trinajstić information content (AvgIpc) is 3.28. The topological polar surface area (TPSA) is 83.9 Å². The van der Waals surface area contributed by atoms with Gasteiger partial charge in [0.05, 0.1) is 11.4 Å². The molecule has 9 heteroatoms. The number of anilines is 1. The van der Waals surface area contributed by atoms with Crippen LogP contribution in [0.1, 0.15) is 17.8 Å². The summed E-state index contributed by atoms with van der Waals surface area (Å²) in [6.45, 7) is 8.24. The molecule has 0 amide bonds. The molecule has 31 heavy (non-hydrogen) atoms. The van der Waals surface area contributed by atoms with Gasteiger partial charge in [-0.05, 0) is 57.6 Å². The first-order chi connectivity index (χ1) is 14.9. The van der Waals surface area contributed by atoms with Crippen LogP contribution in [0, 0.1) is 19.3 Å². The Hall–Kier alpha value is -3.33. The predicted octanol–water partition coefficient (Wildman–Crippen LogP) is 1.56. The van der Waals surface area contributed by atoms with Gasteiger partial charge in [-0.25, -0.2) is 9.97 Å². The molecule has 2 saturated heterocycles. The molecule has 0 atom stereocenters. The zero-order valence-electron chi connectivity index (χ0n) is 17.9. The maximum Gasteiger partial charge on any atom is 0.258 e. The first kappa shape index (κ1) is 18.4. The lowest BCUT2D eigenvalue weighted by atomic mass is 9.79. The molecule has 1 spiro atoms. The van der Waals surface area contributed by atoms with Crippen LogP contribution in [0.25, 0.3) is 22.7 Å². The molecular weight excluding hydrogens is 392 g/mol. The summed E-state index contributed by atoms with van der Waals surface area (Å²) in [4.78, 5) is 26.8. The van der Waals surface area contributed by atoms with Crippen LogP contribution >= 0.6 is 0 Å². The van der Waals surface area contributed by atoms with Gasteiger partial charge in [0, 0.05) is 37.3 Å². The van der Waals surface area contributed by atoms with Crippen molar-refractivity contribution in [1.29, 1.82) is 0 Å². The van der Waals surface area contributed by atoms with E-state index in [2.05, 4.69) is 38.1 Å². The monoisotopic (exact) mass is 416 g/mol. The Bertz CT molecular complexity index is 1400. The highest BCUT2D eigenvalue weighted by atomic mass is 16.1. The maximum absolute atomic E-state index is 13.0. The number of aryl methyl sites for hydroxylation is 2. The molecule has 6 rings (SSSR count). The van der Waals surface area contributed by atoms with Crippen LogP contribution in [-0.4, -0.2) is 67.3 Å². The summed E-state index contributed by atoms with van der Waals surface area (Å²) in [6, 6.07) is 7.33. The normalized spacial score (nSPS) is 18.4. The molecule has 2 aliphatic rings. The number of likely N-dealkylation sites (tertiary alicyclic amines) is 1. The predicted molar refractivity (Wildman–Crippen MR) is 117 cm³/mol. The Morgan fingerprint density at radius 2 is 1.84 bits per heavy atom. The molecule has 0 unspecified atom stereocenters. The zero-order chi connectivity index (χ0) is 21.3. The fraction of sp³-hybridized carbons (Fsp3) is 0.409. The van der Waals surface area contributed by atoms with Crippen LogP contribution in [0.3, 0.4) is 0 Å². The minimum Gasteiger partial charge on any atom is -0.369 e. The van der Waals surface area contributed by atoms with E-state index >= 15 is 0 Å². The molecule has 6 heterocycles. The van der Waals surface area contributed by atoms with Crippen LogP contribution < -0.4 is 10.5 Å². The van der Waals surface area contributed by atoms with E-state index in [4.69, 9.17) is 4.98 Å². The van der Waals surface area contributed by atoms with Crippen molar-refractivity contribution in [3.05, 3.63) is 52.2 Å². The standard InChI is InChI=1S/C22H24N8O/c1-14-8-16(28-12-22(13-28)6-7-27(3)11-22)10-29-20(31)9-18(24-21(14)29)17-4-5-19-23-15(2)25-30(19)26-17/h4-5,8-10H,6-7,11-13H2,1-3H3. The van der Waals surface area contributed by atoms with Gasteiger partial charge in [-0.3, -0.25) is 9.20 Å². The van der Waals surface area contributed by atoms with E-state index in [9.17, 15) is 4.79 Å². The van der Waals surface area contributed by atoms with E-state index in [1.165, 1.54) is 23.7 Å². The SMILES string of the molecule is Cc1nc2ccc(-c3cc(=O)n4cc(N5CC6(CCN(C)C6)C5)cc(C)c4n3)nn2n1. The fourth-order valence-electron chi connectivity index (χ4n) is 5.04. The second kappa shape index (κ2) is 6.34. The highest BCUT2D eigenvalue weighted by Crippen LogP contribution is 2.41. The largest absolute Gasteiger partial charge is 0.369 e. The number of hydrogen-bond donors (Lipinski definition) is 0. The Morgan fingerprint density at radius 3 is 2.61 bits per heavy atom. The minimum atomic E-state index is -0.113. The highest BCUT2D eigenvalue weighted by molar-refractivity contribution is 5.63. The summed E-state index contributed by atoms with van der Waals surface area (Å²) in [6.07, 6.45) is 3.17. The molecule has 0 radical (unpaired) electrons. The molecule has 9 nitrogen and oxygen atoms in total. The van der Waals surface area contributed by atoms with Crippen molar-refractivity contribution in [1.82, 2.24) is 34.1 Å². The molecule has 0 aromatic carbocycles. The van der Waals surface area contributed by atoms with E-state index in [-0.39, 0.29) is 5.56 Å². The third kappa shape index (κ3) is 2.91. The van der Waals surface area contributed by atoms with Crippen molar-refractivity contribution in [2.45, 2.75) is 20.3 Å². The second-order valence-corrected chi connectivity index (χ2v) is 9.12. The minimum absolute atomic E-state index is 0.113. The van der Waals surface area contributed by atoms with Crippen molar-refractivity contribution < 1.29 is 0 Å². The second-order valence-electron chi connectivity index (χ2n) is 9.12. The van der Waals surface area contributed by atoms with Crippen LogP contribution in [0.5, 0.6) is 0 Å². The summed E-state index contributed by atoms with van der Waals surface area (Å²) < 4.78 is 3.13. The molecule has 0 N–H and O–H groups in total. The zero-order valence-corrected chi connectivity index (χ0v) is 17.9. The van der Waals surface area contributed by atoms with E-state index in [0.29, 0.717) is 33.9 Å². The third-order valence-corrected chi connectivity index (χ3v) is 6.55. The molecule has 0 aliphatic carbocycles. The lowest BCUT2D eigenvalue weighted by molar-refractivity contribution is 0.218. The quantitative estimate of drug-likeness (QED) is 0.490. The van der Waals surface area contributed by atoms with Crippen molar-refractivity contribution in [3.8, 4) is 11.4 Å². The number of pyridine rings is 1. The molecule has 2 fully saturated rings. The number of fused-ring (bicyclic) bond motifs is 2. The summed E-state index contributed by atoms with van der Waals surface area (Å²) in [7, 11) is 2.19. The Kier molecular flexibility index (Phi) is 3.77. The first-order valence-corrected chi connectivity index (χ1v) is 10.6. The maximum atomic E-state index is 13.0. The van der Waals surface area contributed by atoms with E-state index in [1.54, 1.807) is 4.40 Å². The lowest BCUT2D eigenvalue weighted by Crippen LogP contribution is -2.57. The summed E-state index contributed by atoms with van der Waals surface area (Å²) >= 11 is 0.